The zero-order chi connectivity index (χ0) is 15.0. The fourth-order valence-electron chi connectivity index (χ4n) is 3.22. The third-order valence-corrected chi connectivity index (χ3v) is 4.60. The van der Waals surface area contributed by atoms with Crippen LogP contribution in [0.25, 0.3) is 0 Å². The molecule has 1 aliphatic rings. The number of phenols is 2. The van der Waals surface area contributed by atoms with Crippen LogP contribution in [0.1, 0.15) is 55.6 Å². The molecule has 4 nitrogen and oxygen atoms in total. The van der Waals surface area contributed by atoms with Gasteiger partial charge in [-0.25, -0.2) is 0 Å². The van der Waals surface area contributed by atoms with Gasteiger partial charge in [0.25, 0.3) is 0 Å². The van der Waals surface area contributed by atoms with Crippen molar-refractivity contribution < 1.29 is 10.2 Å². The summed E-state index contributed by atoms with van der Waals surface area (Å²) in [5.41, 5.74) is 4.31. The first kappa shape index (κ1) is 14.0. The van der Waals surface area contributed by atoms with Crippen molar-refractivity contribution in [3.63, 3.8) is 0 Å². The number of hydrogen-bond donors (Lipinski definition) is 3. The third kappa shape index (κ3) is 2.39. The highest BCUT2D eigenvalue weighted by Gasteiger charge is 2.31. The number of H-pyrrole nitrogens is 1. The minimum Gasteiger partial charge on any atom is -0.504 e. The van der Waals surface area contributed by atoms with Gasteiger partial charge < -0.3 is 10.2 Å². The number of aryl methyl sites for hydroxylation is 1. The van der Waals surface area contributed by atoms with Crippen LogP contribution in [0, 0.1) is 0 Å². The van der Waals surface area contributed by atoms with Crippen molar-refractivity contribution in [3.8, 4) is 11.5 Å². The fourth-order valence-corrected chi connectivity index (χ4v) is 3.22. The van der Waals surface area contributed by atoms with Crippen molar-refractivity contribution in [2.75, 3.05) is 0 Å². The van der Waals surface area contributed by atoms with Crippen LogP contribution in [0.2, 0.25) is 0 Å². The first-order valence-corrected chi connectivity index (χ1v) is 7.59. The Balaban J connectivity index is 2.05. The highest BCUT2D eigenvalue weighted by Crippen LogP contribution is 2.38. The standard InChI is InChI=1S/C17H22N2O2/c1-17(2,11-8-9-14(20)15(21)10-11)16-12-6-4-3-5-7-13(12)18-19-16/h8-10,20-21H,3-7H2,1-2H3,(H,18,19). The topological polar surface area (TPSA) is 69.1 Å². The lowest BCUT2D eigenvalue weighted by atomic mass is 9.79. The van der Waals surface area contributed by atoms with E-state index in [4.69, 9.17) is 0 Å². The van der Waals surface area contributed by atoms with E-state index in [1.165, 1.54) is 36.6 Å². The Morgan fingerprint density at radius 1 is 1.05 bits per heavy atom. The van der Waals surface area contributed by atoms with Gasteiger partial charge in [-0.3, -0.25) is 5.10 Å². The van der Waals surface area contributed by atoms with Crippen LogP contribution >= 0.6 is 0 Å². The highest BCUT2D eigenvalue weighted by molar-refractivity contribution is 5.47. The van der Waals surface area contributed by atoms with Gasteiger partial charge in [0, 0.05) is 11.1 Å². The number of phenolic OH excluding ortho intramolecular Hbond substituents is 2. The van der Waals surface area contributed by atoms with Crippen molar-refractivity contribution >= 4 is 0 Å². The van der Waals surface area contributed by atoms with Gasteiger partial charge in [-0.15, -0.1) is 0 Å². The molecule has 0 saturated carbocycles. The molecule has 0 spiro atoms. The molecule has 0 atom stereocenters. The van der Waals surface area contributed by atoms with E-state index in [1.807, 2.05) is 6.07 Å². The number of benzene rings is 1. The normalized spacial score (nSPS) is 15.5. The molecule has 1 aromatic heterocycles. The Morgan fingerprint density at radius 2 is 1.81 bits per heavy atom. The summed E-state index contributed by atoms with van der Waals surface area (Å²) in [6.07, 6.45) is 5.82. The number of rotatable bonds is 2. The summed E-state index contributed by atoms with van der Waals surface area (Å²) in [4.78, 5) is 0. The Kier molecular flexibility index (Phi) is 3.40. The SMILES string of the molecule is CC(C)(c1ccc(O)c(O)c1)c1n[nH]c2c1CCCCC2. The van der Waals surface area contributed by atoms with E-state index < -0.39 is 0 Å². The molecule has 3 N–H and O–H groups in total. The third-order valence-electron chi connectivity index (χ3n) is 4.60. The second-order valence-corrected chi connectivity index (χ2v) is 6.42. The van der Waals surface area contributed by atoms with E-state index in [0.29, 0.717) is 0 Å². The molecule has 2 aromatic rings. The van der Waals surface area contributed by atoms with Crippen molar-refractivity contribution in [3.05, 3.63) is 40.7 Å². The molecule has 1 aliphatic carbocycles. The molecule has 0 fully saturated rings. The van der Waals surface area contributed by atoms with Crippen LogP contribution in [-0.4, -0.2) is 20.4 Å². The van der Waals surface area contributed by atoms with Crippen molar-refractivity contribution in [2.24, 2.45) is 0 Å². The minimum absolute atomic E-state index is 0.0813. The number of aromatic hydroxyl groups is 2. The lowest BCUT2D eigenvalue weighted by Gasteiger charge is -2.25. The van der Waals surface area contributed by atoms with Crippen molar-refractivity contribution in [1.29, 1.82) is 0 Å². The molecule has 0 amide bonds. The van der Waals surface area contributed by atoms with Crippen LogP contribution in [0.4, 0.5) is 0 Å². The number of aromatic nitrogens is 2. The van der Waals surface area contributed by atoms with Gasteiger partial charge in [0.1, 0.15) is 0 Å². The molecule has 21 heavy (non-hydrogen) atoms. The number of nitrogens with one attached hydrogen (secondary N) is 1. The van der Waals surface area contributed by atoms with E-state index in [9.17, 15) is 10.2 Å². The summed E-state index contributed by atoms with van der Waals surface area (Å²) in [6, 6.07) is 5.03. The highest BCUT2D eigenvalue weighted by atomic mass is 16.3. The lowest BCUT2D eigenvalue weighted by molar-refractivity contribution is 0.402. The van der Waals surface area contributed by atoms with Gasteiger partial charge in [0.2, 0.25) is 0 Å². The maximum atomic E-state index is 9.77. The maximum absolute atomic E-state index is 9.77. The van der Waals surface area contributed by atoms with Gasteiger partial charge in [-0.2, -0.15) is 5.10 Å². The first-order valence-electron chi connectivity index (χ1n) is 7.59. The summed E-state index contributed by atoms with van der Waals surface area (Å²) in [6.45, 7) is 4.22. The summed E-state index contributed by atoms with van der Waals surface area (Å²) in [5.74, 6) is -0.169. The molecule has 0 saturated heterocycles. The summed E-state index contributed by atoms with van der Waals surface area (Å²) >= 11 is 0. The molecule has 4 heteroatoms. The van der Waals surface area contributed by atoms with Crippen LogP contribution in [-0.2, 0) is 18.3 Å². The average Bonchev–Trinajstić information content (AvgIpc) is 2.72. The van der Waals surface area contributed by atoms with Crippen molar-refractivity contribution in [2.45, 2.75) is 51.4 Å². The molecule has 112 valence electrons. The number of fused-ring (bicyclic) bond motifs is 1. The van der Waals surface area contributed by atoms with Crippen LogP contribution in [0.3, 0.4) is 0 Å². The predicted molar refractivity (Wildman–Crippen MR) is 81.7 cm³/mol. The number of hydrogen-bond acceptors (Lipinski definition) is 3. The first-order chi connectivity index (χ1) is 10.00. The molecular formula is C17H22N2O2. The molecule has 1 aromatic carbocycles. The van der Waals surface area contributed by atoms with Gasteiger partial charge in [-0.1, -0.05) is 26.3 Å². The smallest absolute Gasteiger partial charge is 0.157 e. The van der Waals surface area contributed by atoms with E-state index in [0.717, 1.165) is 24.1 Å². The molecule has 3 rings (SSSR count). The fraction of sp³-hybridized carbons (Fsp3) is 0.471. The van der Waals surface area contributed by atoms with E-state index >= 15 is 0 Å². The minimum atomic E-state index is -0.306. The number of aromatic amines is 1. The Hall–Kier alpha value is -1.97. The number of nitrogens with zero attached hydrogens (tertiary/aromatic N) is 1. The van der Waals surface area contributed by atoms with Gasteiger partial charge in [0.15, 0.2) is 11.5 Å². The van der Waals surface area contributed by atoms with Gasteiger partial charge >= 0.3 is 0 Å². The lowest BCUT2D eigenvalue weighted by Crippen LogP contribution is -2.21. The van der Waals surface area contributed by atoms with Crippen LogP contribution in [0.5, 0.6) is 11.5 Å². The molecule has 0 aliphatic heterocycles. The van der Waals surface area contributed by atoms with E-state index in [2.05, 4.69) is 24.0 Å². The second kappa shape index (κ2) is 5.10. The Morgan fingerprint density at radius 3 is 2.57 bits per heavy atom. The van der Waals surface area contributed by atoms with E-state index in [1.54, 1.807) is 6.07 Å². The summed E-state index contributed by atoms with van der Waals surface area (Å²) in [7, 11) is 0. The largest absolute Gasteiger partial charge is 0.504 e. The van der Waals surface area contributed by atoms with Crippen LogP contribution in [0.15, 0.2) is 18.2 Å². The van der Waals surface area contributed by atoms with Crippen LogP contribution < -0.4 is 0 Å². The summed E-state index contributed by atoms with van der Waals surface area (Å²) < 4.78 is 0. The predicted octanol–water partition coefficient (Wildman–Crippen LogP) is 3.42. The maximum Gasteiger partial charge on any atom is 0.157 e. The molecular weight excluding hydrogens is 264 g/mol. The van der Waals surface area contributed by atoms with E-state index in [-0.39, 0.29) is 16.9 Å². The molecule has 0 unspecified atom stereocenters. The zero-order valence-electron chi connectivity index (χ0n) is 12.6. The molecule has 1 heterocycles. The molecule has 0 radical (unpaired) electrons. The summed E-state index contributed by atoms with van der Waals surface area (Å²) in [5, 5.41) is 27.0. The van der Waals surface area contributed by atoms with Gasteiger partial charge in [-0.05, 0) is 48.9 Å². The second-order valence-electron chi connectivity index (χ2n) is 6.42. The quantitative estimate of drug-likeness (QED) is 0.585. The Labute approximate surface area is 124 Å². The van der Waals surface area contributed by atoms with Crippen molar-refractivity contribution in [1.82, 2.24) is 10.2 Å². The Bertz CT molecular complexity index is 659. The monoisotopic (exact) mass is 286 g/mol. The zero-order valence-corrected chi connectivity index (χ0v) is 12.6. The molecule has 0 bridgehead atoms. The van der Waals surface area contributed by atoms with Gasteiger partial charge in [0.05, 0.1) is 5.69 Å². The average molecular weight is 286 g/mol.